The molecule has 2 heterocycles. The van der Waals surface area contributed by atoms with Gasteiger partial charge in [-0.05, 0) is 42.7 Å². The zero-order valence-corrected chi connectivity index (χ0v) is 14.8. The number of piperidine rings is 1. The highest BCUT2D eigenvalue weighted by Crippen LogP contribution is 2.29. The first-order chi connectivity index (χ1) is 13.1. The van der Waals surface area contributed by atoms with Gasteiger partial charge in [-0.25, -0.2) is 4.79 Å². The molecule has 0 aliphatic carbocycles. The summed E-state index contributed by atoms with van der Waals surface area (Å²) in [6.45, 7) is 1.29. The zero-order valence-electron chi connectivity index (χ0n) is 14.8. The second kappa shape index (κ2) is 7.19. The number of aromatic nitrogens is 1. The van der Waals surface area contributed by atoms with Gasteiger partial charge in [-0.1, -0.05) is 30.3 Å². The van der Waals surface area contributed by atoms with Crippen molar-refractivity contribution >= 4 is 22.8 Å². The van der Waals surface area contributed by atoms with Crippen LogP contribution in [0.2, 0.25) is 0 Å². The van der Waals surface area contributed by atoms with Crippen molar-refractivity contribution in [2.45, 2.75) is 18.8 Å². The van der Waals surface area contributed by atoms with Crippen LogP contribution in [0.4, 0.5) is 0 Å². The van der Waals surface area contributed by atoms with Gasteiger partial charge >= 0.3 is 5.97 Å². The molecule has 1 saturated heterocycles. The Kier molecular flexibility index (Phi) is 4.59. The number of benzene rings is 2. The lowest BCUT2D eigenvalue weighted by Gasteiger charge is -2.33. The Morgan fingerprint density at radius 1 is 1.07 bits per heavy atom. The molecule has 3 aromatic rings. The lowest BCUT2D eigenvalue weighted by atomic mass is 9.89. The van der Waals surface area contributed by atoms with Gasteiger partial charge in [0.1, 0.15) is 0 Å². The van der Waals surface area contributed by atoms with Crippen molar-refractivity contribution in [2.75, 3.05) is 13.1 Å². The number of pyridine rings is 1. The van der Waals surface area contributed by atoms with Crippen LogP contribution in [0.25, 0.3) is 10.9 Å². The van der Waals surface area contributed by atoms with Gasteiger partial charge in [0.2, 0.25) is 0 Å². The van der Waals surface area contributed by atoms with E-state index >= 15 is 0 Å². The minimum absolute atomic E-state index is 0.0154. The molecule has 1 aliphatic rings. The van der Waals surface area contributed by atoms with Crippen molar-refractivity contribution < 1.29 is 14.7 Å². The van der Waals surface area contributed by atoms with E-state index in [-0.39, 0.29) is 17.4 Å². The number of carboxylic acid groups (broad SMARTS) is 1. The number of carboxylic acids is 1. The maximum absolute atomic E-state index is 13.2. The predicted molar refractivity (Wildman–Crippen MR) is 103 cm³/mol. The molecule has 1 fully saturated rings. The average Bonchev–Trinajstić information content (AvgIpc) is 2.73. The molecular weight excluding hydrogens is 340 g/mol. The average molecular weight is 360 g/mol. The molecule has 136 valence electrons. The second-order valence-electron chi connectivity index (χ2n) is 6.90. The summed E-state index contributed by atoms with van der Waals surface area (Å²) >= 11 is 0. The summed E-state index contributed by atoms with van der Waals surface area (Å²) in [6, 6.07) is 16.5. The van der Waals surface area contributed by atoms with Crippen LogP contribution in [0.5, 0.6) is 0 Å². The smallest absolute Gasteiger partial charge is 0.335 e. The Hall–Kier alpha value is -3.21. The predicted octanol–water partition coefficient (Wildman–Crippen LogP) is 3.95. The molecular formula is C22H20N2O3. The number of hydrogen-bond donors (Lipinski definition) is 1. The van der Waals surface area contributed by atoms with Crippen molar-refractivity contribution in [3.63, 3.8) is 0 Å². The fourth-order valence-corrected chi connectivity index (χ4v) is 3.81. The van der Waals surface area contributed by atoms with Crippen molar-refractivity contribution in [3.8, 4) is 0 Å². The summed E-state index contributed by atoms with van der Waals surface area (Å²) in [7, 11) is 0. The lowest BCUT2D eigenvalue weighted by Crippen LogP contribution is -2.39. The van der Waals surface area contributed by atoms with E-state index in [1.807, 2.05) is 41.3 Å². The van der Waals surface area contributed by atoms with Gasteiger partial charge in [0.25, 0.3) is 5.91 Å². The number of carbonyl (C=O) groups excluding carboxylic acids is 1. The molecule has 1 aliphatic heterocycles. The highest BCUT2D eigenvalue weighted by atomic mass is 16.4. The number of carbonyl (C=O) groups is 2. The lowest BCUT2D eigenvalue weighted by molar-refractivity contribution is 0.0688. The maximum atomic E-state index is 13.2. The summed E-state index contributed by atoms with van der Waals surface area (Å²) in [5, 5.41) is 10.2. The SMILES string of the molecule is O=C(O)c1cccc([C@H]2CCCN(C(=O)c3cccc4cccnc34)C2)c1. The van der Waals surface area contributed by atoms with Crippen LogP contribution in [-0.2, 0) is 0 Å². The summed E-state index contributed by atoms with van der Waals surface area (Å²) in [4.78, 5) is 30.7. The molecule has 2 aromatic carbocycles. The molecule has 0 saturated carbocycles. The first-order valence-electron chi connectivity index (χ1n) is 9.10. The Labute approximate surface area is 157 Å². The summed E-state index contributed by atoms with van der Waals surface area (Å²) in [6.07, 6.45) is 3.54. The Morgan fingerprint density at radius 2 is 1.89 bits per heavy atom. The van der Waals surface area contributed by atoms with E-state index < -0.39 is 5.97 Å². The molecule has 1 amide bonds. The van der Waals surface area contributed by atoms with Crippen molar-refractivity contribution in [1.82, 2.24) is 9.88 Å². The van der Waals surface area contributed by atoms with Crippen LogP contribution >= 0.6 is 0 Å². The van der Waals surface area contributed by atoms with Gasteiger partial charge in [-0.3, -0.25) is 9.78 Å². The van der Waals surface area contributed by atoms with E-state index in [1.54, 1.807) is 24.4 Å². The van der Waals surface area contributed by atoms with Gasteiger partial charge < -0.3 is 10.0 Å². The molecule has 5 heteroatoms. The third-order valence-electron chi connectivity index (χ3n) is 5.18. The highest BCUT2D eigenvalue weighted by Gasteiger charge is 2.27. The second-order valence-corrected chi connectivity index (χ2v) is 6.90. The number of hydrogen-bond acceptors (Lipinski definition) is 3. The quantitative estimate of drug-likeness (QED) is 0.768. The van der Waals surface area contributed by atoms with Crippen molar-refractivity contribution in [3.05, 3.63) is 77.5 Å². The normalized spacial score (nSPS) is 17.0. The van der Waals surface area contributed by atoms with Crippen LogP contribution in [0, 0.1) is 0 Å². The van der Waals surface area contributed by atoms with Crippen molar-refractivity contribution in [2.24, 2.45) is 0 Å². The molecule has 0 spiro atoms. The van der Waals surface area contributed by atoms with E-state index in [4.69, 9.17) is 0 Å². The third kappa shape index (κ3) is 3.40. The van der Waals surface area contributed by atoms with E-state index in [1.165, 1.54) is 0 Å². The number of nitrogens with zero attached hydrogens (tertiary/aromatic N) is 2. The third-order valence-corrected chi connectivity index (χ3v) is 5.18. The Morgan fingerprint density at radius 3 is 2.74 bits per heavy atom. The minimum atomic E-state index is -0.928. The van der Waals surface area contributed by atoms with Crippen LogP contribution in [0.1, 0.15) is 45.0 Å². The van der Waals surface area contributed by atoms with Crippen LogP contribution in [0.15, 0.2) is 60.8 Å². The number of amides is 1. The summed E-state index contributed by atoms with van der Waals surface area (Å²) in [5.74, 6) is -0.800. The minimum Gasteiger partial charge on any atom is -0.478 e. The number of aromatic carboxylic acids is 1. The standard InChI is InChI=1S/C22H20N2O3/c25-21(19-10-2-5-15-8-3-11-23-20(15)19)24-12-4-9-18(14-24)16-6-1-7-17(13-16)22(26)27/h1-3,5-8,10-11,13,18H,4,9,12,14H2,(H,26,27)/t18-/m0/s1. The molecule has 27 heavy (non-hydrogen) atoms. The zero-order chi connectivity index (χ0) is 18.8. The molecule has 1 N–H and O–H groups in total. The summed E-state index contributed by atoms with van der Waals surface area (Å²) < 4.78 is 0. The fourth-order valence-electron chi connectivity index (χ4n) is 3.81. The van der Waals surface area contributed by atoms with Crippen LogP contribution in [0.3, 0.4) is 0 Å². The topological polar surface area (TPSA) is 70.5 Å². The van der Waals surface area contributed by atoms with Crippen LogP contribution < -0.4 is 0 Å². The molecule has 5 nitrogen and oxygen atoms in total. The Balaban J connectivity index is 1.60. The maximum Gasteiger partial charge on any atom is 0.335 e. The molecule has 4 rings (SSSR count). The molecule has 0 bridgehead atoms. The van der Waals surface area contributed by atoms with E-state index in [9.17, 15) is 14.7 Å². The number of fused-ring (bicyclic) bond motifs is 1. The first kappa shape index (κ1) is 17.2. The van der Waals surface area contributed by atoms with Crippen molar-refractivity contribution in [1.29, 1.82) is 0 Å². The monoisotopic (exact) mass is 360 g/mol. The molecule has 1 aromatic heterocycles. The van der Waals surface area contributed by atoms with Gasteiger partial charge in [0, 0.05) is 30.6 Å². The summed E-state index contributed by atoms with van der Waals surface area (Å²) in [5.41, 5.74) is 2.60. The van der Waals surface area contributed by atoms with Gasteiger partial charge in [-0.2, -0.15) is 0 Å². The van der Waals surface area contributed by atoms with Crippen LogP contribution in [-0.4, -0.2) is 40.0 Å². The molecule has 1 atom stereocenters. The van der Waals surface area contributed by atoms with E-state index in [0.29, 0.717) is 18.7 Å². The number of rotatable bonds is 3. The van der Waals surface area contributed by atoms with E-state index in [0.717, 1.165) is 29.3 Å². The van der Waals surface area contributed by atoms with Gasteiger partial charge in [-0.15, -0.1) is 0 Å². The van der Waals surface area contributed by atoms with E-state index in [2.05, 4.69) is 4.98 Å². The van der Waals surface area contributed by atoms with Gasteiger partial charge in [0.05, 0.1) is 16.6 Å². The first-order valence-corrected chi connectivity index (χ1v) is 9.10. The molecule has 0 unspecified atom stereocenters. The number of likely N-dealkylation sites (tertiary alicyclic amines) is 1. The largest absolute Gasteiger partial charge is 0.478 e. The fraction of sp³-hybridized carbons (Fsp3) is 0.227. The number of para-hydroxylation sites is 1. The van der Waals surface area contributed by atoms with Gasteiger partial charge in [0.15, 0.2) is 0 Å². The highest BCUT2D eigenvalue weighted by molar-refractivity contribution is 6.05. The Bertz CT molecular complexity index is 1010. The molecule has 0 radical (unpaired) electrons.